The minimum absolute atomic E-state index is 0.0588. The number of anilines is 2. The zero-order chi connectivity index (χ0) is 21.9. The number of aryl methyl sites for hydroxylation is 1. The molecule has 0 fully saturated rings. The van der Waals surface area contributed by atoms with Crippen molar-refractivity contribution >= 4 is 44.1 Å². The number of benzene rings is 2. The Morgan fingerprint density at radius 3 is 2.30 bits per heavy atom. The largest absolute Gasteiger partial charge is 0.465 e. The van der Waals surface area contributed by atoms with Crippen molar-refractivity contribution in [2.45, 2.75) is 11.8 Å². The number of thiazole rings is 1. The third kappa shape index (κ3) is 4.34. The second-order valence-corrected chi connectivity index (χ2v) is 9.18. The van der Waals surface area contributed by atoms with E-state index in [-0.39, 0.29) is 15.6 Å². The quantitative estimate of drug-likeness (QED) is 0.584. The highest BCUT2D eigenvalue weighted by Gasteiger charge is 2.22. The lowest BCUT2D eigenvalue weighted by Crippen LogP contribution is -2.26. The Morgan fingerprint density at radius 1 is 1.07 bits per heavy atom. The number of sulfonamides is 1. The number of amides is 1. The van der Waals surface area contributed by atoms with Crippen LogP contribution in [0.4, 0.5) is 10.8 Å². The molecule has 156 valence electrons. The van der Waals surface area contributed by atoms with Gasteiger partial charge in [0.15, 0.2) is 5.13 Å². The summed E-state index contributed by atoms with van der Waals surface area (Å²) in [5.41, 5.74) is 1.23. The summed E-state index contributed by atoms with van der Waals surface area (Å²) in [6.07, 6.45) is 0. The number of para-hydroxylation sites is 1. The molecule has 0 atom stereocenters. The maximum absolute atomic E-state index is 12.8. The predicted molar refractivity (Wildman–Crippen MR) is 115 cm³/mol. The number of nitrogens with one attached hydrogen (secondary N) is 1. The lowest BCUT2D eigenvalue weighted by atomic mass is 10.2. The predicted octanol–water partition coefficient (Wildman–Crippen LogP) is 3.32. The van der Waals surface area contributed by atoms with E-state index in [1.54, 1.807) is 37.3 Å². The van der Waals surface area contributed by atoms with Crippen LogP contribution in [0.25, 0.3) is 0 Å². The zero-order valence-corrected chi connectivity index (χ0v) is 18.1. The van der Waals surface area contributed by atoms with Gasteiger partial charge < -0.3 is 4.74 Å². The van der Waals surface area contributed by atoms with Crippen LogP contribution in [-0.4, -0.2) is 39.4 Å². The Kier molecular flexibility index (Phi) is 6.18. The Morgan fingerprint density at radius 2 is 1.70 bits per heavy atom. The highest BCUT2D eigenvalue weighted by molar-refractivity contribution is 7.92. The minimum Gasteiger partial charge on any atom is -0.465 e. The number of carbonyl (C=O) groups is 2. The lowest BCUT2D eigenvalue weighted by Gasteiger charge is -2.19. The van der Waals surface area contributed by atoms with Gasteiger partial charge in [-0.15, -0.1) is 0 Å². The number of ether oxygens (including phenoxy) is 1. The highest BCUT2D eigenvalue weighted by Crippen LogP contribution is 2.25. The summed E-state index contributed by atoms with van der Waals surface area (Å²) in [5.74, 6) is -0.997. The number of esters is 1. The summed E-state index contributed by atoms with van der Waals surface area (Å²) in [5, 5.41) is 2.85. The smallest absolute Gasteiger partial charge is 0.350 e. The van der Waals surface area contributed by atoms with E-state index in [9.17, 15) is 18.0 Å². The second-order valence-electron chi connectivity index (χ2n) is 6.21. The molecule has 0 bridgehead atoms. The molecule has 0 aliphatic rings. The van der Waals surface area contributed by atoms with Gasteiger partial charge in [0.2, 0.25) is 0 Å². The van der Waals surface area contributed by atoms with Crippen LogP contribution in [0.2, 0.25) is 0 Å². The first-order valence-electron chi connectivity index (χ1n) is 8.75. The molecule has 10 heteroatoms. The molecule has 0 radical (unpaired) electrons. The standard InChI is InChI=1S/C20H19N3O5S2/c1-13-17(19(25)28-3)29-20(21-13)22-18(24)14-9-11-16(12-10-14)30(26,27)23(2)15-7-5-4-6-8-15/h4-12H,1-3H3,(H,21,22,24). The maximum Gasteiger partial charge on any atom is 0.350 e. The van der Waals surface area contributed by atoms with Crippen LogP contribution in [0.1, 0.15) is 25.7 Å². The summed E-state index contributed by atoms with van der Waals surface area (Å²) < 4.78 is 31.5. The fourth-order valence-corrected chi connectivity index (χ4v) is 4.69. The molecule has 2 aromatic carbocycles. The van der Waals surface area contributed by atoms with E-state index < -0.39 is 21.9 Å². The fraction of sp³-hybridized carbons (Fsp3) is 0.150. The van der Waals surface area contributed by atoms with Gasteiger partial charge in [0.05, 0.1) is 23.4 Å². The van der Waals surface area contributed by atoms with Crippen LogP contribution in [0, 0.1) is 6.92 Å². The van der Waals surface area contributed by atoms with Crippen molar-refractivity contribution in [3.8, 4) is 0 Å². The average Bonchev–Trinajstić information content (AvgIpc) is 3.13. The number of hydrogen-bond acceptors (Lipinski definition) is 7. The van der Waals surface area contributed by atoms with Crippen LogP contribution in [0.5, 0.6) is 0 Å². The molecule has 0 saturated heterocycles. The maximum atomic E-state index is 12.8. The van der Waals surface area contributed by atoms with Crippen molar-refractivity contribution in [1.29, 1.82) is 0 Å². The third-order valence-corrected chi connectivity index (χ3v) is 7.14. The Hall–Kier alpha value is -3.24. The molecule has 1 heterocycles. The molecular weight excluding hydrogens is 426 g/mol. The van der Waals surface area contributed by atoms with Crippen LogP contribution >= 0.6 is 11.3 Å². The van der Waals surface area contributed by atoms with E-state index in [0.717, 1.165) is 11.3 Å². The molecule has 0 unspecified atom stereocenters. The van der Waals surface area contributed by atoms with Gasteiger partial charge in [0, 0.05) is 12.6 Å². The SMILES string of the molecule is COC(=O)c1sc(NC(=O)c2ccc(S(=O)(=O)N(C)c3ccccc3)cc2)nc1C. The van der Waals surface area contributed by atoms with Gasteiger partial charge in [-0.3, -0.25) is 14.4 Å². The summed E-state index contributed by atoms with van der Waals surface area (Å²) in [4.78, 5) is 28.6. The first kappa shape index (κ1) is 21.5. The van der Waals surface area contributed by atoms with E-state index in [1.807, 2.05) is 0 Å². The van der Waals surface area contributed by atoms with Gasteiger partial charge in [0.1, 0.15) is 4.88 Å². The molecular formula is C20H19N3O5S2. The first-order valence-corrected chi connectivity index (χ1v) is 11.0. The summed E-state index contributed by atoms with van der Waals surface area (Å²) in [7, 11) is -1.03. The Balaban J connectivity index is 1.77. The molecule has 30 heavy (non-hydrogen) atoms. The monoisotopic (exact) mass is 445 g/mol. The number of hydrogen-bond donors (Lipinski definition) is 1. The summed E-state index contributed by atoms with van der Waals surface area (Å²) in [6.45, 7) is 1.64. The Bertz CT molecular complexity index is 1170. The zero-order valence-electron chi connectivity index (χ0n) is 16.4. The first-order chi connectivity index (χ1) is 14.2. The van der Waals surface area contributed by atoms with Crippen LogP contribution < -0.4 is 9.62 Å². The Labute approximate surface area is 178 Å². The van der Waals surface area contributed by atoms with E-state index in [0.29, 0.717) is 16.3 Å². The molecule has 1 aromatic heterocycles. The molecule has 0 aliphatic carbocycles. The van der Waals surface area contributed by atoms with E-state index in [1.165, 1.54) is 42.7 Å². The molecule has 0 saturated carbocycles. The summed E-state index contributed by atoms with van der Waals surface area (Å²) >= 11 is 1.00. The van der Waals surface area contributed by atoms with Crippen LogP contribution in [0.15, 0.2) is 59.5 Å². The minimum atomic E-state index is -3.77. The van der Waals surface area contributed by atoms with Crippen molar-refractivity contribution in [3.05, 3.63) is 70.7 Å². The second kappa shape index (κ2) is 8.64. The van der Waals surface area contributed by atoms with Crippen LogP contribution in [0.3, 0.4) is 0 Å². The number of carbonyl (C=O) groups excluding carboxylic acids is 2. The summed E-state index contributed by atoms with van der Waals surface area (Å²) in [6, 6.07) is 14.3. The molecule has 8 nitrogen and oxygen atoms in total. The molecule has 3 aromatic rings. The van der Waals surface area contributed by atoms with Crippen molar-refractivity contribution in [3.63, 3.8) is 0 Å². The molecule has 1 amide bonds. The van der Waals surface area contributed by atoms with Gasteiger partial charge in [-0.25, -0.2) is 18.2 Å². The molecule has 0 aliphatic heterocycles. The van der Waals surface area contributed by atoms with Crippen molar-refractivity contribution < 1.29 is 22.7 Å². The lowest BCUT2D eigenvalue weighted by molar-refractivity contribution is 0.0605. The normalized spacial score (nSPS) is 11.0. The van der Waals surface area contributed by atoms with Gasteiger partial charge in [-0.05, 0) is 43.3 Å². The fourth-order valence-electron chi connectivity index (χ4n) is 2.61. The van der Waals surface area contributed by atoms with E-state index in [2.05, 4.69) is 15.0 Å². The van der Waals surface area contributed by atoms with E-state index in [4.69, 9.17) is 0 Å². The number of methoxy groups -OCH3 is 1. The van der Waals surface area contributed by atoms with Gasteiger partial charge in [0.25, 0.3) is 15.9 Å². The number of aromatic nitrogens is 1. The average molecular weight is 446 g/mol. The van der Waals surface area contributed by atoms with Crippen LogP contribution in [-0.2, 0) is 14.8 Å². The van der Waals surface area contributed by atoms with Crippen molar-refractivity contribution in [2.24, 2.45) is 0 Å². The topological polar surface area (TPSA) is 106 Å². The van der Waals surface area contributed by atoms with Gasteiger partial charge in [-0.1, -0.05) is 29.5 Å². The van der Waals surface area contributed by atoms with E-state index >= 15 is 0 Å². The molecule has 0 spiro atoms. The highest BCUT2D eigenvalue weighted by atomic mass is 32.2. The van der Waals surface area contributed by atoms with Crippen molar-refractivity contribution in [1.82, 2.24) is 4.98 Å². The molecule has 1 N–H and O–H groups in total. The number of rotatable bonds is 6. The van der Waals surface area contributed by atoms with Gasteiger partial charge >= 0.3 is 5.97 Å². The molecule has 3 rings (SSSR count). The number of nitrogens with zero attached hydrogens (tertiary/aromatic N) is 2. The van der Waals surface area contributed by atoms with Gasteiger partial charge in [-0.2, -0.15) is 0 Å². The third-order valence-electron chi connectivity index (χ3n) is 4.28. The van der Waals surface area contributed by atoms with Crippen molar-refractivity contribution in [2.75, 3.05) is 23.8 Å².